The molecular weight excluding hydrogens is 266 g/mol. The second-order valence-corrected chi connectivity index (χ2v) is 4.78. The van der Waals surface area contributed by atoms with E-state index in [2.05, 4.69) is 5.16 Å². The zero-order valence-electron chi connectivity index (χ0n) is 12.1. The van der Waals surface area contributed by atoms with Crippen LogP contribution in [0.2, 0.25) is 0 Å². The molecule has 6 heteroatoms. The van der Waals surface area contributed by atoms with Crippen LogP contribution >= 0.6 is 12.4 Å². The van der Waals surface area contributed by atoms with Gasteiger partial charge >= 0.3 is 0 Å². The minimum absolute atomic E-state index is 0. The first-order valence-electron chi connectivity index (χ1n) is 6.37. The fourth-order valence-electron chi connectivity index (χ4n) is 2.14. The van der Waals surface area contributed by atoms with Gasteiger partial charge in [-0.05, 0) is 19.8 Å². The summed E-state index contributed by atoms with van der Waals surface area (Å²) in [6.07, 6.45) is 1.50. The number of aryl methyl sites for hydroxylation is 1. The van der Waals surface area contributed by atoms with Crippen LogP contribution in [-0.4, -0.2) is 29.6 Å². The van der Waals surface area contributed by atoms with E-state index < -0.39 is 5.41 Å². The third kappa shape index (κ3) is 3.94. The minimum Gasteiger partial charge on any atom is -0.361 e. The van der Waals surface area contributed by atoms with Gasteiger partial charge in [0.15, 0.2) is 0 Å². The summed E-state index contributed by atoms with van der Waals surface area (Å²) in [5, 5.41) is 3.90. The molecule has 1 aromatic heterocycles. The summed E-state index contributed by atoms with van der Waals surface area (Å²) in [6.45, 7) is 6.67. The Morgan fingerprint density at radius 1 is 1.47 bits per heavy atom. The first kappa shape index (κ1) is 17.9. The van der Waals surface area contributed by atoms with Crippen molar-refractivity contribution in [2.75, 3.05) is 13.6 Å². The number of hydrogen-bond donors (Lipinski definition) is 1. The highest BCUT2D eigenvalue weighted by atomic mass is 35.5. The molecule has 1 amide bonds. The van der Waals surface area contributed by atoms with Crippen LogP contribution in [0.3, 0.4) is 0 Å². The van der Waals surface area contributed by atoms with Gasteiger partial charge in [-0.3, -0.25) is 4.79 Å². The van der Waals surface area contributed by atoms with Crippen LogP contribution in [0.25, 0.3) is 0 Å². The van der Waals surface area contributed by atoms with Crippen LogP contribution in [0.5, 0.6) is 0 Å². The lowest BCUT2D eigenvalue weighted by Gasteiger charge is -2.32. The molecule has 2 N–H and O–H groups in total. The average molecular weight is 290 g/mol. The quantitative estimate of drug-likeness (QED) is 0.871. The van der Waals surface area contributed by atoms with Gasteiger partial charge in [0.05, 0.1) is 12.0 Å². The molecule has 1 rings (SSSR count). The summed E-state index contributed by atoms with van der Waals surface area (Å²) < 4.78 is 5.00. The van der Waals surface area contributed by atoms with Crippen LogP contribution in [0, 0.1) is 12.3 Å². The molecule has 1 heterocycles. The Morgan fingerprint density at radius 3 is 2.42 bits per heavy atom. The number of aromatic nitrogens is 1. The number of amides is 1. The van der Waals surface area contributed by atoms with Gasteiger partial charge in [0.25, 0.3) is 0 Å². The van der Waals surface area contributed by atoms with Gasteiger partial charge in [-0.15, -0.1) is 12.4 Å². The second kappa shape index (κ2) is 7.50. The molecule has 110 valence electrons. The Bertz CT molecular complexity index is 394. The van der Waals surface area contributed by atoms with Crippen LogP contribution in [0.4, 0.5) is 0 Å². The molecule has 0 saturated carbocycles. The lowest BCUT2D eigenvalue weighted by Crippen LogP contribution is -2.45. The summed E-state index contributed by atoms with van der Waals surface area (Å²) >= 11 is 0. The highest BCUT2D eigenvalue weighted by molar-refractivity contribution is 5.85. The van der Waals surface area contributed by atoms with Crippen molar-refractivity contribution in [2.45, 2.75) is 40.2 Å². The maximum Gasteiger partial charge on any atom is 0.230 e. The highest BCUT2D eigenvalue weighted by Gasteiger charge is 2.35. The van der Waals surface area contributed by atoms with Gasteiger partial charge in [0, 0.05) is 19.7 Å². The first-order chi connectivity index (χ1) is 8.49. The van der Waals surface area contributed by atoms with Crippen molar-refractivity contribution in [1.82, 2.24) is 10.1 Å². The molecule has 0 spiro atoms. The average Bonchev–Trinajstić information content (AvgIpc) is 2.77. The molecule has 0 radical (unpaired) electrons. The number of carbonyl (C=O) groups is 1. The summed E-state index contributed by atoms with van der Waals surface area (Å²) in [5.74, 6) is 0.831. The van der Waals surface area contributed by atoms with E-state index in [1.165, 1.54) is 0 Å². The standard InChI is InChI=1S/C13H23N3O2.ClH/c1-5-13(6-2,9-14)12(17)16(4)8-11-7-10(3)18-15-11;/h7H,5-6,8-9,14H2,1-4H3;1H. The number of nitrogens with two attached hydrogens (primary N) is 1. The number of hydrogen-bond acceptors (Lipinski definition) is 4. The number of nitrogens with zero attached hydrogens (tertiary/aromatic N) is 2. The van der Waals surface area contributed by atoms with E-state index in [0.29, 0.717) is 13.1 Å². The van der Waals surface area contributed by atoms with Crippen LogP contribution in [0.1, 0.15) is 38.1 Å². The summed E-state index contributed by atoms with van der Waals surface area (Å²) in [4.78, 5) is 14.1. The fraction of sp³-hybridized carbons (Fsp3) is 0.692. The predicted molar refractivity (Wildman–Crippen MR) is 77.0 cm³/mol. The third-order valence-electron chi connectivity index (χ3n) is 3.62. The van der Waals surface area contributed by atoms with Crippen molar-refractivity contribution >= 4 is 18.3 Å². The fourth-order valence-corrected chi connectivity index (χ4v) is 2.14. The number of rotatable bonds is 6. The predicted octanol–water partition coefficient (Wildman–Crippen LogP) is 2.13. The number of halogens is 1. The molecule has 0 aliphatic rings. The molecule has 0 aliphatic heterocycles. The van der Waals surface area contributed by atoms with Crippen molar-refractivity contribution in [3.63, 3.8) is 0 Å². The Labute approximate surface area is 120 Å². The molecule has 0 bridgehead atoms. The Morgan fingerprint density at radius 2 is 2.05 bits per heavy atom. The maximum absolute atomic E-state index is 12.5. The van der Waals surface area contributed by atoms with Crippen LogP contribution in [0.15, 0.2) is 10.6 Å². The SMILES string of the molecule is CCC(CC)(CN)C(=O)N(C)Cc1cc(C)on1.Cl. The molecular formula is C13H24ClN3O2. The van der Waals surface area contributed by atoms with Crippen molar-refractivity contribution in [3.8, 4) is 0 Å². The summed E-state index contributed by atoms with van der Waals surface area (Å²) in [6, 6.07) is 1.84. The zero-order valence-corrected chi connectivity index (χ0v) is 12.9. The lowest BCUT2D eigenvalue weighted by molar-refractivity contribution is -0.141. The molecule has 1 aromatic rings. The normalized spacial score (nSPS) is 11.0. The molecule has 19 heavy (non-hydrogen) atoms. The largest absolute Gasteiger partial charge is 0.361 e. The van der Waals surface area contributed by atoms with Crippen LogP contribution < -0.4 is 5.73 Å². The molecule has 0 atom stereocenters. The third-order valence-corrected chi connectivity index (χ3v) is 3.62. The topological polar surface area (TPSA) is 72.4 Å². The van der Waals surface area contributed by atoms with Gasteiger partial charge in [-0.25, -0.2) is 0 Å². The minimum atomic E-state index is -0.451. The van der Waals surface area contributed by atoms with Gasteiger partial charge in [-0.1, -0.05) is 19.0 Å². The molecule has 5 nitrogen and oxygen atoms in total. The van der Waals surface area contributed by atoms with E-state index in [9.17, 15) is 4.79 Å². The lowest BCUT2D eigenvalue weighted by atomic mass is 9.81. The smallest absolute Gasteiger partial charge is 0.230 e. The van der Waals surface area contributed by atoms with Gasteiger partial charge in [0.2, 0.25) is 5.91 Å². The van der Waals surface area contributed by atoms with Crippen molar-refractivity contribution in [1.29, 1.82) is 0 Å². The molecule has 0 saturated heterocycles. The van der Waals surface area contributed by atoms with E-state index in [1.807, 2.05) is 26.8 Å². The van der Waals surface area contributed by atoms with E-state index in [-0.39, 0.29) is 18.3 Å². The highest BCUT2D eigenvalue weighted by Crippen LogP contribution is 2.27. The van der Waals surface area contributed by atoms with Crippen molar-refractivity contribution in [3.05, 3.63) is 17.5 Å². The molecule has 0 aliphatic carbocycles. The van der Waals surface area contributed by atoms with E-state index in [4.69, 9.17) is 10.3 Å². The first-order valence-corrected chi connectivity index (χ1v) is 6.37. The maximum atomic E-state index is 12.5. The Kier molecular flexibility index (Phi) is 7.08. The zero-order chi connectivity index (χ0) is 13.8. The molecule has 0 fully saturated rings. The van der Waals surface area contributed by atoms with Crippen molar-refractivity contribution < 1.29 is 9.32 Å². The Hall–Kier alpha value is -1.07. The number of carbonyl (C=O) groups excluding carboxylic acids is 1. The van der Waals surface area contributed by atoms with E-state index in [0.717, 1.165) is 24.3 Å². The monoisotopic (exact) mass is 289 g/mol. The summed E-state index contributed by atoms with van der Waals surface area (Å²) in [7, 11) is 1.78. The van der Waals surface area contributed by atoms with Crippen molar-refractivity contribution in [2.24, 2.45) is 11.1 Å². The van der Waals surface area contributed by atoms with Gasteiger partial charge in [-0.2, -0.15) is 0 Å². The van der Waals surface area contributed by atoms with E-state index in [1.54, 1.807) is 11.9 Å². The molecule has 0 unspecified atom stereocenters. The van der Waals surface area contributed by atoms with Gasteiger partial charge in [0.1, 0.15) is 11.5 Å². The molecule has 0 aromatic carbocycles. The second-order valence-electron chi connectivity index (χ2n) is 4.78. The Balaban J connectivity index is 0.00000324. The van der Waals surface area contributed by atoms with E-state index >= 15 is 0 Å². The summed E-state index contributed by atoms with van der Waals surface area (Å²) in [5.41, 5.74) is 6.10. The van der Waals surface area contributed by atoms with Crippen LogP contribution in [-0.2, 0) is 11.3 Å². The van der Waals surface area contributed by atoms with Gasteiger partial charge < -0.3 is 15.2 Å².